The fourth-order valence-electron chi connectivity index (χ4n) is 1.53. The predicted octanol–water partition coefficient (Wildman–Crippen LogP) is 2.97. The molecule has 0 aromatic heterocycles. The number of hydrogen-bond donors (Lipinski definition) is 0. The number of aliphatic imine (C=N–C) groups is 1. The maximum Gasteiger partial charge on any atom is 0.0277 e. The standard InChI is InChI=1S/C10H17N/c1-11-9-8-10-6-4-2-3-5-7-10/h8-9H,2-7H2,1H3. The van der Waals surface area contributed by atoms with Gasteiger partial charge < -0.3 is 0 Å². The van der Waals surface area contributed by atoms with Crippen molar-refractivity contribution < 1.29 is 0 Å². The minimum absolute atomic E-state index is 1.30. The summed E-state index contributed by atoms with van der Waals surface area (Å²) in [4.78, 5) is 3.96. The molecule has 1 fully saturated rings. The summed E-state index contributed by atoms with van der Waals surface area (Å²) >= 11 is 0. The van der Waals surface area contributed by atoms with Crippen molar-refractivity contribution in [3.05, 3.63) is 11.6 Å². The molecule has 1 saturated carbocycles. The molecule has 0 saturated heterocycles. The molecule has 1 aliphatic rings. The molecular formula is C10H17N. The van der Waals surface area contributed by atoms with Crippen LogP contribution in [0.25, 0.3) is 0 Å². The highest BCUT2D eigenvalue weighted by molar-refractivity contribution is 5.71. The zero-order valence-corrected chi connectivity index (χ0v) is 7.34. The van der Waals surface area contributed by atoms with Crippen LogP contribution in [0.5, 0.6) is 0 Å². The van der Waals surface area contributed by atoms with Crippen LogP contribution in [-0.4, -0.2) is 13.3 Å². The summed E-state index contributed by atoms with van der Waals surface area (Å²) in [5, 5.41) is 0. The third-order valence-corrected chi connectivity index (χ3v) is 2.21. The van der Waals surface area contributed by atoms with Gasteiger partial charge in [0.15, 0.2) is 0 Å². The molecule has 0 N–H and O–H groups in total. The van der Waals surface area contributed by atoms with E-state index < -0.39 is 0 Å². The second kappa shape index (κ2) is 5.11. The first kappa shape index (κ1) is 8.51. The van der Waals surface area contributed by atoms with Gasteiger partial charge in [-0.05, 0) is 31.8 Å². The van der Waals surface area contributed by atoms with Crippen molar-refractivity contribution in [1.82, 2.24) is 0 Å². The Bertz CT molecular complexity index is 146. The minimum Gasteiger partial charge on any atom is -0.297 e. The molecule has 0 aromatic rings. The molecule has 0 amide bonds. The number of allylic oxidation sites excluding steroid dienone is 2. The second-order valence-corrected chi connectivity index (χ2v) is 3.15. The highest BCUT2D eigenvalue weighted by Crippen LogP contribution is 2.21. The van der Waals surface area contributed by atoms with Crippen LogP contribution < -0.4 is 0 Å². The Morgan fingerprint density at radius 1 is 1.09 bits per heavy atom. The Morgan fingerprint density at radius 3 is 2.27 bits per heavy atom. The quantitative estimate of drug-likeness (QED) is 0.403. The molecule has 1 rings (SSSR count). The molecule has 0 radical (unpaired) electrons. The van der Waals surface area contributed by atoms with Crippen LogP contribution in [0.3, 0.4) is 0 Å². The Balaban J connectivity index is 2.41. The Morgan fingerprint density at radius 2 is 1.73 bits per heavy atom. The fraction of sp³-hybridized carbons (Fsp3) is 0.700. The van der Waals surface area contributed by atoms with Gasteiger partial charge in [0.05, 0.1) is 0 Å². The molecule has 1 aliphatic carbocycles. The molecule has 1 heteroatoms. The third-order valence-electron chi connectivity index (χ3n) is 2.21. The van der Waals surface area contributed by atoms with Crippen LogP contribution in [0, 0.1) is 0 Å². The maximum atomic E-state index is 3.96. The molecular weight excluding hydrogens is 134 g/mol. The van der Waals surface area contributed by atoms with Crippen LogP contribution in [-0.2, 0) is 0 Å². The van der Waals surface area contributed by atoms with Crippen molar-refractivity contribution in [3.8, 4) is 0 Å². The van der Waals surface area contributed by atoms with Gasteiger partial charge in [-0.15, -0.1) is 0 Å². The van der Waals surface area contributed by atoms with Crippen molar-refractivity contribution in [3.63, 3.8) is 0 Å². The van der Waals surface area contributed by atoms with Gasteiger partial charge in [-0.1, -0.05) is 18.4 Å². The first-order valence-electron chi connectivity index (χ1n) is 4.53. The third kappa shape index (κ3) is 3.35. The van der Waals surface area contributed by atoms with Crippen molar-refractivity contribution >= 4 is 6.21 Å². The van der Waals surface area contributed by atoms with E-state index >= 15 is 0 Å². The van der Waals surface area contributed by atoms with E-state index in [9.17, 15) is 0 Å². The van der Waals surface area contributed by atoms with Crippen LogP contribution in [0.1, 0.15) is 38.5 Å². The van der Waals surface area contributed by atoms with Crippen LogP contribution >= 0.6 is 0 Å². The van der Waals surface area contributed by atoms with Gasteiger partial charge in [0.2, 0.25) is 0 Å². The van der Waals surface area contributed by atoms with Crippen LogP contribution in [0.15, 0.2) is 16.6 Å². The van der Waals surface area contributed by atoms with E-state index in [0.717, 1.165) is 0 Å². The van der Waals surface area contributed by atoms with E-state index in [-0.39, 0.29) is 0 Å². The zero-order chi connectivity index (χ0) is 7.94. The summed E-state index contributed by atoms with van der Waals surface area (Å²) in [5.41, 5.74) is 1.59. The largest absolute Gasteiger partial charge is 0.297 e. The zero-order valence-electron chi connectivity index (χ0n) is 7.34. The first-order chi connectivity index (χ1) is 5.43. The topological polar surface area (TPSA) is 12.4 Å². The normalized spacial score (nSPS) is 20.3. The van der Waals surface area contributed by atoms with E-state index in [1.165, 1.54) is 38.5 Å². The molecule has 0 aliphatic heterocycles. The summed E-state index contributed by atoms with van der Waals surface area (Å²) in [6, 6.07) is 0. The van der Waals surface area contributed by atoms with Crippen LogP contribution in [0.4, 0.5) is 0 Å². The van der Waals surface area contributed by atoms with E-state index in [0.29, 0.717) is 0 Å². The molecule has 0 aromatic carbocycles. The average Bonchev–Trinajstić information content (AvgIpc) is 2.28. The van der Waals surface area contributed by atoms with Gasteiger partial charge in [0.25, 0.3) is 0 Å². The molecule has 62 valence electrons. The van der Waals surface area contributed by atoms with Crippen LogP contribution in [0.2, 0.25) is 0 Å². The highest BCUT2D eigenvalue weighted by Gasteiger charge is 2.02. The first-order valence-corrected chi connectivity index (χ1v) is 4.53. The highest BCUT2D eigenvalue weighted by atomic mass is 14.6. The van der Waals surface area contributed by atoms with Gasteiger partial charge in [-0.2, -0.15) is 0 Å². The monoisotopic (exact) mass is 151 g/mol. The molecule has 0 heterocycles. The summed E-state index contributed by atoms with van der Waals surface area (Å²) in [6.45, 7) is 0. The van der Waals surface area contributed by atoms with E-state index in [1.54, 1.807) is 5.57 Å². The lowest BCUT2D eigenvalue weighted by Gasteiger charge is -1.98. The molecule has 0 atom stereocenters. The van der Waals surface area contributed by atoms with E-state index in [2.05, 4.69) is 11.1 Å². The Labute approximate surface area is 69.2 Å². The number of hydrogen-bond acceptors (Lipinski definition) is 1. The lowest BCUT2D eigenvalue weighted by Crippen LogP contribution is -1.80. The fourth-order valence-corrected chi connectivity index (χ4v) is 1.53. The van der Waals surface area contributed by atoms with Gasteiger partial charge in [-0.3, -0.25) is 4.99 Å². The van der Waals surface area contributed by atoms with E-state index in [4.69, 9.17) is 0 Å². The van der Waals surface area contributed by atoms with Crippen molar-refractivity contribution in [2.24, 2.45) is 4.99 Å². The SMILES string of the molecule is CN=CC=C1CCCCCC1. The summed E-state index contributed by atoms with van der Waals surface area (Å²) in [5.74, 6) is 0. The summed E-state index contributed by atoms with van der Waals surface area (Å²) in [6.07, 6.45) is 12.3. The van der Waals surface area contributed by atoms with Crippen molar-refractivity contribution in [2.45, 2.75) is 38.5 Å². The molecule has 0 spiro atoms. The average molecular weight is 151 g/mol. The van der Waals surface area contributed by atoms with E-state index in [1.807, 2.05) is 13.3 Å². The summed E-state index contributed by atoms with van der Waals surface area (Å²) < 4.78 is 0. The molecule has 1 nitrogen and oxygen atoms in total. The Kier molecular flexibility index (Phi) is 3.95. The predicted molar refractivity (Wildman–Crippen MR) is 50.2 cm³/mol. The summed E-state index contributed by atoms with van der Waals surface area (Å²) in [7, 11) is 1.83. The van der Waals surface area contributed by atoms with Gasteiger partial charge in [0.1, 0.15) is 0 Å². The molecule has 0 unspecified atom stereocenters. The molecule has 11 heavy (non-hydrogen) atoms. The minimum atomic E-state index is 1.30. The number of rotatable bonds is 1. The van der Waals surface area contributed by atoms with Crippen molar-refractivity contribution in [2.75, 3.05) is 7.05 Å². The van der Waals surface area contributed by atoms with Gasteiger partial charge in [-0.25, -0.2) is 0 Å². The smallest absolute Gasteiger partial charge is 0.0277 e. The lowest BCUT2D eigenvalue weighted by molar-refractivity contribution is 0.702. The van der Waals surface area contributed by atoms with Crippen molar-refractivity contribution in [1.29, 1.82) is 0 Å². The van der Waals surface area contributed by atoms with Gasteiger partial charge in [0, 0.05) is 13.3 Å². The lowest BCUT2D eigenvalue weighted by atomic mass is 10.1. The second-order valence-electron chi connectivity index (χ2n) is 3.15. The Hall–Kier alpha value is -0.590. The molecule has 0 bridgehead atoms. The number of nitrogens with zero attached hydrogens (tertiary/aromatic N) is 1. The van der Waals surface area contributed by atoms with Gasteiger partial charge >= 0.3 is 0 Å². The maximum absolute atomic E-state index is 3.96.